The summed E-state index contributed by atoms with van der Waals surface area (Å²) in [6.45, 7) is 6.93. The summed E-state index contributed by atoms with van der Waals surface area (Å²) in [6.07, 6.45) is 1.67. The van der Waals surface area contributed by atoms with Crippen LogP contribution >= 0.6 is 0 Å². The highest BCUT2D eigenvalue weighted by molar-refractivity contribution is 5.80. The van der Waals surface area contributed by atoms with Gasteiger partial charge in [-0.15, -0.1) is 0 Å². The quantitative estimate of drug-likeness (QED) is 0.804. The van der Waals surface area contributed by atoms with Crippen molar-refractivity contribution in [1.29, 1.82) is 0 Å². The molecule has 7 heteroatoms. The average molecular weight is 383 g/mol. The minimum Gasteiger partial charge on any atom is -0.338 e. The second kappa shape index (κ2) is 8.87. The first-order valence-corrected chi connectivity index (χ1v) is 9.39. The van der Waals surface area contributed by atoms with Crippen LogP contribution in [0.5, 0.6) is 0 Å². The third-order valence-electron chi connectivity index (χ3n) is 5.16. The van der Waals surface area contributed by atoms with E-state index in [9.17, 15) is 18.0 Å². The summed E-state index contributed by atoms with van der Waals surface area (Å²) in [5, 5.41) is 0. The topological polar surface area (TPSA) is 59.2 Å². The van der Waals surface area contributed by atoms with Gasteiger partial charge in [-0.25, -0.2) is 0 Å². The lowest BCUT2D eigenvalue weighted by atomic mass is 9.87. The lowest BCUT2D eigenvalue weighted by Crippen LogP contribution is -2.42. The first-order valence-electron chi connectivity index (χ1n) is 9.39. The number of aromatic nitrogens is 1. The highest BCUT2D eigenvalue weighted by atomic mass is 19.4. The summed E-state index contributed by atoms with van der Waals surface area (Å²) >= 11 is 0. The largest absolute Gasteiger partial charge is 0.417 e. The molecule has 0 fully saturated rings. The molecule has 0 radical (unpaired) electrons. The molecular weight excluding hydrogens is 355 g/mol. The van der Waals surface area contributed by atoms with Crippen molar-refractivity contribution in [2.45, 2.75) is 52.3 Å². The highest BCUT2D eigenvalue weighted by Crippen LogP contribution is 2.32. The number of carbonyl (C=O) groups excluding carboxylic acids is 1. The Morgan fingerprint density at radius 2 is 2.04 bits per heavy atom. The zero-order chi connectivity index (χ0) is 20.2. The number of hydrogen-bond acceptors (Lipinski definition) is 3. The van der Waals surface area contributed by atoms with Gasteiger partial charge in [-0.05, 0) is 42.4 Å². The van der Waals surface area contributed by atoms with E-state index in [0.29, 0.717) is 31.5 Å². The van der Waals surface area contributed by atoms with Crippen molar-refractivity contribution in [2.24, 2.45) is 17.6 Å². The molecule has 2 atom stereocenters. The number of amides is 1. The summed E-state index contributed by atoms with van der Waals surface area (Å²) in [6, 6.07) is 1.11. The van der Waals surface area contributed by atoms with Gasteiger partial charge in [-0.3, -0.25) is 9.78 Å². The molecule has 4 nitrogen and oxygen atoms in total. The predicted molar refractivity (Wildman–Crippen MR) is 99.6 cm³/mol. The van der Waals surface area contributed by atoms with E-state index in [1.807, 2.05) is 26.8 Å². The maximum absolute atomic E-state index is 12.9. The fraction of sp³-hybridized carbons (Fsp3) is 0.600. The minimum absolute atomic E-state index is 0.00609. The van der Waals surface area contributed by atoms with Crippen molar-refractivity contribution in [3.05, 3.63) is 35.7 Å². The van der Waals surface area contributed by atoms with Gasteiger partial charge in [0.15, 0.2) is 0 Å². The smallest absolute Gasteiger partial charge is 0.338 e. The van der Waals surface area contributed by atoms with Gasteiger partial charge in [-0.2, -0.15) is 13.2 Å². The van der Waals surface area contributed by atoms with Crippen LogP contribution in [0.4, 0.5) is 13.2 Å². The van der Waals surface area contributed by atoms with Crippen LogP contribution in [-0.4, -0.2) is 34.9 Å². The van der Waals surface area contributed by atoms with Crippen LogP contribution in [0, 0.1) is 11.8 Å². The van der Waals surface area contributed by atoms with Gasteiger partial charge in [0.05, 0.1) is 5.56 Å². The first kappa shape index (κ1) is 21.4. The molecule has 2 heterocycles. The lowest BCUT2D eigenvalue weighted by molar-refractivity contribution is -0.138. The molecule has 2 N–H and O–H groups in total. The lowest BCUT2D eigenvalue weighted by Gasteiger charge is -2.32. The van der Waals surface area contributed by atoms with E-state index in [1.54, 1.807) is 4.90 Å². The summed E-state index contributed by atoms with van der Waals surface area (Å²) < 4.78 is 38.6. The van der Waals surface area contributed by atoms with Crippen molar-refractivity contribution >= 4 is 11.5 Å². The number of nitrogens with two attached hydrogens (primary N) is 1. The van der Waals surface area contributed by atoms with E-state index in [0.717, 1.165) is 24.3 Å². The van der Waals surface area contributed by atoms with Crippen LogP contribution in [-0.2, 0) is 11.0 Å². The van der Waals surface area contributed by atoms with E-state index < -0.39 is 11.7 Å². The molecule has 1 aliphatic rings. The summed E-state index contributed by atoms with van der Waals surface area (Å²) in [7, 11) is 0. The summed E-state index contributed by atoms with van der Waals surface area (Å²) in [5.41, 5.74) is 6.55. The first-order chi connectivity index (χ1) is 12.6. The second-order valence-corrected chi connectivity index (χ2v) is 7.48. The molecule has 1 aromatic heterocycles. The number of pyridine rings is 1. The number of hydrogen-bond donors (Lipinski definition) is 1. The van der Waals surface area contributed by atoms with Crippen molar-refractivity contribution in [3.63, 3.8) is 0 Å². The molecule has 2 unspecified atom stereocenters. The Morgan fingerprint density at radius 1 is 1.33 bits per heavy atom. The van der Waals surface area contributed by atoms with Crippen molar-refractivity contribution in [2.75, 3.05) is 13.1 Å². The van der Waals surface area contributed by atoms with Crippen LogP contribution in [0.2, 0.25) is 0 Å². The molecule has 0 aliphatic carbocycles. The predicted octanol–water partition coefficient (Wildman–Crippen LogP) is 4.12. The Labute approximate surface area is 158 Å². The molecule has 150 valence electrons. The zero-order valence-electron chi connectivity index (χ0n) is 16.1. The molecule has 0 saturated heterocycles. The Kier molecular flexibility index (Phi) is 7.03. The van der Waals surface area contributed by atoms with E-state index in [2.05, 4.69) is 4.98 Å². The summed E-state index contributed by atoms with van der Waals surface area (Å²) in [5.74, 6) is 0.129. The van der Waals surface area contributed by atoms with Crippen LogP contribution in [0.1, 0.15) is 51.2 Å². The monoisotopic (exact) mass is 383 g/mol. The Morgan fingerprint density at radius 3 is 2.56 bits per heavy atom. The van der Waals surface area contributed by atoms with Gasteiger partial charge in [0.1, 0.15) is 0 Å². The van der Waals surface area contributed by atoms with Gasteiger partial charge < -0.3 is 10.6 Å². The summed E-state index contributed by atoms with van der Waals surface area (Å²) in [4.78, 5) is 18.4. The molecule has 2 rings (SSSR count). The van der Waals surface area contributed by atoms with Crippen LogP contribution in [0.25, 0.3) is 5.57 Å². The minimum atomic E-state index is -4.41. The Bertz CT molecular complexity index is 685. The van der Waals surface area contributed by atoms with Crippen molar-refractivity contribution in [1.82, 2.24) is 9.88 Å². The van der Waals surface area contributed by atoms with Gasteiger partial charge in [0.2, 0.25) is 5.91 Å². The molecular formula is C20H28F3N3O. The SMILES string of the molecule is CCC(N)CC(C(=O)N1CC=C(c2cncc(C(F)(F)F)c2)CC1)C(C)C. The number of alkyl halides is 3. The zero-order valence-corrected chi connectivity index (χ0v) is 16.1. The van der Waals surface area contributed by atoms with Gasteiger partial charge >= 0.3 is 6.18 Å². The number of nitrogens with zero attached hydrogens (tertiary/aromatic N) is 2. The maximum Gasteiger partial charge on any atom is 0.417 e. The van der Waals surface area contributed by atoms with E-state index in [-0.39, 0.29) is 23.8 Å². The normalized spacial score (nSPS) is 17.6. The maximum atomic E-state index is 12.9. The van der Waals surface area contributed by atoms with Crippen molar-refractivity contribution < 1.29 is 18.0 Å². The van der Waals surface area contributed by atoms with Crippen LogP contribution in [0.15, 0.2) is 24.5 Å². The molecule has 1 aromatic rings. The molecule has 0 bridgehead atoms. The van der Waals surface area contributed by atoms with E-state index in [4.69, 9.17) is 5.73 Å². The fourth-order valence-corrected chi connectivity index (χ4v) is 3.29. The number of halogens is 3. The molecule has 27 heavy (non-hydrogen) atoms. The third kappa shape index (κ3) is 5.54. The van der Waals surface area contributed by atoms with Gasteiger partial charge in [0.25, 0.3) is 0 Å². The van der Waals surface area contributed by atoms with Gasteiger partial charge in [-0.1, -0.05) is 26.8 Å². The van der Waals surface area contributed by atoms with E-state index in [1.165, 1.54) is 6.20 Å². The molecule has 1 amide bonds. The van der Waals surface area contributed by atoms with E-state index >= 15 is 0 Å². The number of carbonyl (C=O) groups is 1. The second-order valence-electron chi connectivity index (χ2n) is 7.48. The molecule has 0 spiro atoms. The molecule has 0 aromatic carbocycles. The number of rotatable bonds is 6. The van der Waals surface area contributed by atoms with Gasteiger partial charge in [0, 0.05) is 37.4 Å². The molecule has 1 aliphatic heterocycles. The average Bonchev–Trinajstić information content (AvgIpc) is 2.64. The van der Waals surface area contributed by atoms with Crippen molar-refractivity contribution in [3.8, 4) is 0 Å². The van der Waals surface area contributed by atoms with Crippen LogP contribution < -0.4 is 5.73 Å². The Hall–Kier alpha value is -1.89. The third-order valence-corrected chi connectivity index (χ3v) is 5.16. The standard InChI is InChI=1S/C20H28F3N3O/c1-4-17(24)10-18(13(2)3)19(27)26-7-5-14(6-8-26)15-9-16(12-25-11-15)20(21,22)23/h5,9,11-13,17-18H,4,6-8,10,24H2,1-3H3. The highest BCUT2D eigenvalue weighted by Gasteiger charge is 2.32. The fourth-order valence-electron chi connectivity index (χ4n) is 3.29. The van der Waals surface area contributed by atoms with Crippen LogP contribution in [0.3, 0.4) is 0 Å². The molecule has 0 saturated carbocycles. The Balaban J connectivity index is 2.10.